The zero-order valence-electron chi connectivity index (χ0n) is 13.6. The number of aryl methyl sites for hydroxylation is 1. The standard InChI is InChI=1S/C18H19N3O2S/c1-12-9-15(13(2)21(12)17-5-3-4-7-19-17)18(23)20-10-16(22)14-6-8-24-11-14/h3-9,11,16,22H,10H2,1-2H3,(H,20,23). The molecule has 0 aliphatic carbocycles. The van der Waals surface area contributed by atoms with Gasteiger partial charge < -0.3 is 15.0 Å². The van der Waals surface area contributed by atoms with E-state index in [2.05, 4.69) is 10.3 Å². The monoisotopic (exact) mass is 341 g/mol. The van der Waals surface area contributed by atoms with Gasteiger partial charge in [0.25, 0.3) is 5.91 Å². The lowest BCUT2D eigenvalue weighted by atomic mass is 10.2. The second kappa shape index (κ2) is 6.98. The maximum atomic E-state index is 12.5. The fraction of sp³-hybridized carbons (Fsp3) is 0.222. The van der Waals surface area contributed by atoms with Crippen LogP contribution in [0.4, 0.5) is 0 Å². The van der Waals surface area contributed by atoms with Gasteiger partial charge in [0, 0.05) is 24.1 Å². The van der Waals surface area contributed by atoms with Crippen LogP contribution in [0.15, 0.2) is 47.3 Å². The summed E-state index contributed by atoms with van der Waals surface area (Å²) in [5.41, 5.74) is 3.18. The van der Waals surface area contributed by atoms with Gasteiger partial charge in [0.1, 0.15) is 5.82 Å². The van der Waals surface area contributed by atoms with Gasteiger partial charge in [0.15, 0.2) is 0 Å². The molecule has 0 aliphatic rings. The first-order valence-electron chi connectivity index (χ1n) is 7.66. The molecule has 0 aromatic carbocycles. The highest BCUT2D eigenvalue weighted by Gasteiger charge is 2.18. The number of aromatic nitrogens is 2. The molecule has 1 amide bonds. The van der Waals surface area contributed by atoms with Crippen LogP contribution in [-0.4, -0.2) is 27.1 Å². The Bertz CT molecular complexity index is 826. The van der Waals surface area contributed by atoms with Crippen LogP contribution in [0.5, 0.6) is 0 Å². The number of hydrogen-bond donors (Lipinski definition) is 2. The zero-order chi connectivity index (χ0) is 17.1. The fourth-order valence-electron chi connectivity index (χ4n) is 2.70. The SMILES string of the molecule is Cc1cc(C(=O)NCC(O)c2ccsc2)c(C)n1-c1ccccn1. The topological polar surface area (TPSA) is 67.2 Å². The highest BCUT2D eigenvalue weighted by atomic mass is 32.1. The lowest BCUT2D eigenvalue weighted by Gasteiger charge is -2.11. The lowest BCUT2D eigenvalue weighted by molar-refractivity contribution is 0.0916. The molecule has 24 heavy (non-hydrogen) atoms. The molecule has 0 fully saturated rings. The molecule has 6 heteroatoms. The minimum atomic E-state index is -0.695. The van der Waals surface area contributed by atoms with E-state index in [0.29, 0.717) is 5.56 Å². The normalized spacial score (nSPS) is 12.1. The van der Waals surface area contributed by atoms with Crippen molar-refractivity contribution in [3.8, 4) is 5.82 Å². The molecule has 124 valence electrons. The first kappa shape index (κ1) is 16.4. The summed E-state index contributed by atoms with van der Waals surface area (Å²) in [5, 5.41) is 16.7. The fourth-order valence-corrected chi connectivity index (χ4v) is 3.41. The van der Waals surface area contributed by atoms with Crippen molar-refractivity contribution in [3.05, 3.63) is 69.8 Å². The molecule has 0 saturated carbocycles. The van der Waals surface area contributed by atoms with E-state index in [9.17, 15) is 9.90 Å². The van der Waals surface area contributed by atoms with E-state index in [4.69, 9.17) is 0 Å². The Labute approximate surface area is 144 Å². The van der Waals surface area contributed by atoms with E-state index >= 15 is 0 Å². The number of pyridine rings is 1. The molecule has 0 saturated heterocycles. The van der Waals surface area contributed by atoms with Crippen LogP contribution in [0.3, 0.4) is 0 Å². The molecule has 5 nitrogen and oxygen atoms in total. The van der Waals surface area contributed by atoms with Crippen LogP contribution >= 0.6 is 11.3 Å². The van der Waals surface area contributed by atoms with Crippen LogP contribution in [0.25, 0.3) is 5.82 Å². The summed E-state index contributed by atoms with van der Waals surface area (Å²) in [6, 6.07) is 9.38. The summed E-state index contributed by atoms with van der Waals surface area (Å²) in [6.45, 7) is 4.02. The van der Waals surface area contributed by atoms with E-state index in [0.717, 1.165) is 22.8 Å². The number of nitrogens with one attached hydrogen (secondary N) is 1. The van der Waals surface area contributed by atoms with E-state index in [1.165, 1.54) is 11.3 Å². The summed E-state index contributed by atoms with van der Waals surface area (Å²) >= 11 is 1.52. The highest BCUT2D eigenvalue weighted by molar-refractivity contribution is 7.07. The molecule has 0 aliphatic heterocycles. The molecule has 0 bridgehead atoms. The Balaban J connectivity index is 1.76. The first-order chi connectivity index (χ1) is 11.6. The van der Waals surface area contributed by atoms with Crippen LogP contribution < -0.4 is 5.32 Å². The van der Waals surface area contributed by atoms with Crippen molar-refractivity contribution in [3.63, 3.8) is 0 Å². The third-order valence-corrected chi connectivity index (χ3v) is 4.64. The Kier molecular flexibility index (Phi) is 4.78. The minimum Gasteiger partial charge on any atom is -0.387 e. The van der Waals surface area contributed by atoms with E-state index < -0.39 is 6.10 Å². The number of amides is 1. The summed E-state index contributed by atoms with van der Waals surface area (Å²) in [7, 11) is 0. The van der Waals surface area contributed by atoms with Crippen LogP contribution in [0.1, 0.15) is 33.4 Å². The van der Waals surface area contributed by atoms with Gasteiger partial charge in [-0.3, -0.25) is 4.79 Å². The van der Waals surface area contributed by atoms with Crippen molar-refractivity contribution in [1.82, 2.24) is 14.9 Å². The van der Waals surface area contributed by atoms with Crippen LogP contribution in [-0.2, 0) is 0 Å². The van der Waals surface area contributed by atoms with Gasteiger partial charge in [-0.1, -0.05) is 6.07 Å². The lowest BCUT2D eigenvalue weighted by Crippen LogP contribution is -2.28. The molecular formula is C18H19N3O2S. The highest BCUT2D eigenvalue weighted by Crippen LogP contribution is 2.20. The molecule has 1 unspecified atom stereocenters. The van der Waals surface area contributed by atoms with Crippen molar-refractivity contribution < 1.29 is 9.90 Å². The van der Waals surface area contributed by atoms with Crippen molar-refractivity contribution in [1.29, 1.82) is 0 Å². The van der Waals surface area contributed by atoms with E-state index in [1.807, 2.05) is 59.5 Å². The number of aliphatic hydroxyl groups excluding tert-OH is 1. The molecule has 3 aromatic heterocycles. The van der Waals surface area contributed by atoms with Gasteiger partial charge in [-0.25, -0.2) is 4.98 Å². The largest absolute Gasteiger partial charge is 0.387 e. The minimum absolute atomic E-state index is 0.183. The van der Waals surface area contributed by atoms with Gasteiger partial charge in [-0.05, 0) is 54.4 Å². The molecular weight excluding hydrogens is 322 g/mol. The predicted octanol–water partition coefficient (Wildman–Crippen LogP) is 3.01. The van der Waals surface area contributed by atoms with Crippen LogP contribution in [0, 0.1) is 13.8 Å². The maximum Gasteiger partial charge on any atom is 0.253 e. The maximum absolute atomic E-state index is 12.5. The molecule has 3 rings (SSSR count). The number of aliphatic hydroxyl groups is 1. The summed E-state index contributed by atoms with van der Waals surface area (Å²) < 4.78 is 1.95. The average Bonchev–Trinajstić information content (AvgIpc) is 3.21. The van der Waals surface area contributed by atoms with Gasteiger partial charge in [-0.2, -0.15) is 11.3 Å². The van der Waals surface area contributed by atoms with Crippen molar-refractivity contribution in [2.45, 2.75) is 20.0 Å². The van der Waals surface area contributed by atoms with Crippen molar-refractivity contribution >= 4 is 17.2 Å². The Morgan fingerprint density at radius 3 is 2.88 bits per heavy atom. The van der Waals surface area contributed by atoms with Gasteiger partial charge in [-0.15, -0.1) is 0 Å². The van der Waals surface area contributed by atoms with E-state index in [1.54, 1.807) is 6.20 Å². The van der Waals surface area contributed by atoms with Crippen LogP contribution in [0.2, 0.25) is 0 Å². The number of hydrogen-bond acceptors (Lipinski definition) is 4. The zero-order valence-corrected chi connectivity index (χ0v) is 14.4. The molecule has 0 spiro atoms. The molecule has 2 N–H and O–H groups in total. The smallest absolute Gasteiger partial charge is 0.253 e. The first-order valence-corrected chi connectivity index (χ1v) is 8.61. The Morgan fingerprint density at radius 1 is 1.38 bits per heavy atom. The quantitative estimate of drug-likeness (QED) is 0.750. The van der Waals surface area contributed by atoms with E-state index in [-0.39, 0.29) is 12.5 Å². The molecule has 1 atom stereocenters. The average molecular weight is 341 g/mol. The number of carbonyl (C=O) groups excluding carboxylic acids is 1. The Morgan fingerprint density at radius 2 is 2.21 bits per heavy atom. The third-order valence-electron chi connectivity index (χ3n) is 3.94. The van der Waals surface area contributed by atoms with Gasteiger partial charge >= 0.3 is 0 Å². The third kappa shape index (κ3) is 3.25. The second-order valence-corrected chi connectivity index (χ2v) is 6.37. The summed E-state index contributed by atoms with van der Waals surface area (Å²) in [6.07, 6.45) is 1.03. The number of nitrogens with zero attached hydrogens (tertiary/aromatic N) is 2. The van der Waals surface area contributed by atoms with Gasteiger partial charge in [0.05, 0.1) is 11.7 Å². The molecule has 0 radical (unpaired) electrons. The summed E-state index contributed by atoms with van der Waals surface area (Å²) in [4.78, 5) is 16.8. The molecule has 3 aromatic rings. The predicted molar refractivity (Wildman–Crippen MR) is 94.7 cm³/mol. The number of thiophene rings is 1. The summed E-state index contributed by atoms with van der Waals surface area (Å²) in [5.74, 6) is 0.587. The van der Waals surface area contributed by atoms with Crippen molar-refractivity contribution in [2.75, 3.05) is 6.54 Å². The Hall–Kier alpha value is -2.44. The van der Waals surface area contributed by atoms with Crippen molar-refractivity contribution in [2.24, 2.45) is 0 Å². The number of carbonyl (C=O) groups is 1. The number of rotatable bonds is 5. The van der Waals surface area contributed by atoms with Gasteiger partial charge in [0.2, 0.25) is 0 Å². The second-order valence-electron chi connectivity index (χ2n) is 5.59. The molecule has 3 heterocycles.